The molecule has 0 aromatic heterocycles. The summed E-state index contributed by atoms with van der Waals surface area (Å²) in [5.74, 6) is -0.0819. The molecule has 3 fully saturated rings. The Kier molecular flexibility index (Phi) is 5.79. The number of carbonyl (C=O) groups excluding carboxylic acids is 2. The van der Waals surface area contributed by atoms with Gasteiger partial charge in [-0.15, -0.1) is 0 Å². The number of ether oxygens (including phenoxy) is 4. The Balaban J connectivity index is 1.21. The van der Waals surface area contributed by atoms with Crippen LogP contribution in [0.3, 0.4) is 0 Å². The highest BCUT2D eigenvalue weighted by atomic mass is 16.7. The van der Waals surface area contributed by atoms with Crippen molar-refractivity contribution in [2.75, 3.05) is 44.4 Å². The molecule has 0 radical (unpaired) electrons. The highest BCUT2D eigenvalue weighted by Crippen LogP contribution is 2.33. The SMILES string of the molecule is O=C(COc1cccc(N2CCCC2=O)c1)NC[C@H]1COC2(CCOCC2)O1. The molecule has 1 aromatic rings. The lowest BCUT2D eigenvalue weighted by molar-refractivity contribution is -0.210. The smallest absolute Gasteiger partial charge is 0.258 e. The molecular formula is C20H26N2O6. The number of hydrogen-bond acceptors (Lipinski definition) is 6. The van der Waals surface area contributed by atoms with Gasteiger partial charge in [-0.2, -0.15) is 0 Å². The molecule has 1 N–H and O–H groups in total. The Morgan fingerprint density at radius 1 is 1.32 bits per heavy atom. The summed E-state index contributed by atoms with van der Waals surface area (Å²) in [4.78, 5) is 25.7. The van der Waals surface area contributed by atoms with Gasteiger partial charge in [0.05, 0.1) is 19.8 Å². The lowest BCUT2D eigenvalue weighted by atomic mass is 10.1. The van der Waals surface area contributed by atoms with Gasteiger partial charge in [-0.3, -0.25) is 9.59 Å². The Bertz CT molecular complexity index is 718. The molecule has 3 aliphatic rings. The predicted molar refractivity (Wildman–Crippen MR) is 100 cm³/mol. The largest absolute Gasteiger partial charge is 0.484 e. The normalized spacial score (nSPS) is 23.9. The molecule has 1 spiro atoms. The first-order chi connectivity index (χ1) is 13.6. The molecule has 3 saturated heterocycles. The summed E-state index contributed by atoms with van der Waals surface area (Å²) >= 11 is 0. The van der Waals surface area contributed by atoms with Crippen LogP contribution < -0.4 is 15.0 Å². The molecule has 1 aromatic carbocycles. The van der Waals surface area contributed by atoms with Gasteiger partial charge in [-0.25, -0.2) is 0 Å². The van der Waals surface area contributed by atoms with E-state index in [1.807, 2.05) is 12.1 Å². The van der Waals surface area contributed by atoms with Crippen molar-refractivity contribution in [1.29, 1.82) is 0 Å². The van der Waals surface area contributed by atoms with E-state index in [4.69, 9.17) is 18.9 Å². The zero-order valence-electron chi connectivity index (χ0n) is 15.9. The van der Waals surface area contributed by atoms with Crippen molar-refractivity contribution >= 4 is 17.5 Å². The average Bonchev–Trinajstić information content (AvgIpc) is 3.32. The van der Waals surface area contributed by atoms with E-state index in [2.05, 4.69) is 5.32 Å². The molecule has 28 heavy (non-hydrogen) atoms. The summed E-state index contributed by atoms with van der Waals surface area (Å²) in [6, 6.07) is 7.27. The third kappa shape index (κ3) is 4.45. The zero-order valence-corrected chi connectivity index (χ0v) is 15.9. The first-order valence-electron chi connectivity index (χ1n) is 9.83. The molecule has 3 aliphatic heterocycles. The van der Waals surface area contributed by atoms with Crippen LogP contribution >= 0.6 is 0 Å². The minimum absolute atomic E-state index is 0.0933. The molecular weight excluding hydrogens is 364 g/mol. The van der Waals surface area contributed by atoms with Gasteiger partial charge in [0, 0.05) is 44.1 Å². The number of amides is 2. The standard InChI is InChI=1S/C20H26N2O6/c23-18(21-12-17-13-27-20(28-17)6-9-25-10-7-20)14-26-16-4-1-3-15(11-16)22-8-2-5-19(22)24/h1,3-4,11,17H,2,5-10,12-14H2,(H,21,23)/t17-/m0/s1. The van der Waals surface area contributed by atoms with Crippen molar-refractivity contribution in [1.82, 2.24) is 5.32 Å². The van der Waals surface area contributed by atoms with Gasteiger partial charge in [-0.1, -0.05) is 6.07 Å². The van der Waals surface area contributed by atoms with Gasteiger partial charge in [0.2, 0.25) is 5.91 Å². The van der Waals surface area contributed by atoms with Crippen LogP contribution in [0.25, 0.3) is 0 Å². The lowest BCUT2D eigenvalue weighted by Gasteiger charge is -2.31. The fourth-order valence-corrected chi connectivity index (χ4v) is 3.75. The average molecular weight is 390 g/mol. The van der Waals surface area contributed by atoms with E-state index in [1.54, 1.807) is 17.0 Å². The van der Waals surface area contributed by atoms with Crippen molar-refractivity contribution in [2.24, 2.45) is 0 Å². The molecule has 0 unspecified atom stereocenters. The third-order valence-electron chi connectivity index (χ3n) is 5.27. The summed E-state index contributed by atoms with van der Waals surface area (Å²) in [7, 11) is 0. The van der Waals surface area contributed by atoms with Crippen molar-refractivity contribution < 1.29 is 28.5 Å². The number of anilines is 1. The van der Waals surface area contributed by atoms with E-state index in [-0.39, 0.29) is 24.5 Å². The Morgan fingerprint density at radius 2 is 2.18 bits per heavy atom. The van der Waals surface area contributed by atoms with E-state index in [0.29, 0.717) is 38.5 Å². The van der Waals surface area contributed by atoms with E-state index in [0.717, 1.165) is 31.5 Å². The monoisotopic (exact) mass is 390 g/mol. The molecule has 8 heteroatoms. The van der Waals surface area contributed by atoms with Gasteiger partial charge < -0.3 is 29.2 Å². The molecule has 152 valence electrons. The first-order valence-corrected chi connectivity index (χ1v) is 9.83. The van der Waals surface area contributed by atoms with Gasteiger partial charge in [0.25, 0.3) is 5.91 Å². The Morgan fingerprint density at radius 3 is 2.96 bits per heavy atom. The number of nitrogens with zero attached hydrogens (tertiary/aromatic N) is 1. The fraction of sp³-hybridized carbons (Fsp3) is 0.600. The van der Waals surface area contributed by atoms with Crippen LogP contribution in [0.5, 0.6) is 5.75 Å². The molecule has 0 saturated carbocycles. The van der Waals surface area contributed by atoms with Crippen molar-refractivity contribution in [3.8, 4) is 5.75 Å². The predicted octanol–water partition coefficient (Wildman–Crippen LogP) is 1.23. The van der Waals surface area contributed by atoms with Crippen LogP contribution in [0, 0.1) is 0 Å². The van der Waals surface area contributed by atoms with Crippen LogP contribution in [0.1, 0.15) is 25.7 Å². The lowest BCUT2D eigenvalue weighted by Crippen LogP contribution is -2.40. The highest BCUT2D eigenvalue weighted by Gasteiger charge is 2.42. The molecule has 1 atom stereocenters. The van der Waals surface area contributed by atoms with Gasteiger partial charge in [0.15, 0.2) is 12.4 Å². The van der Waals surface area contributed by atoms with E-state index < -0.39 is 5.79 Å². The fourth-order valence-electron chi connectivity index (χ4n) is 3.75. The summed E-state index contributed by atoms with van der Waals surface area (Å²) < 4.78 is 22.7. The van der Waals surface area contributed by atoms with Crippen LogP contribution in [-0.4, -0.2) is 63.2 Å². The Hall–Kier alpha value is -2.16. The third-order valence-corrected chi connectivity index (χ3v) is 5.27. The maximum absolute atomic E-state index is 12.1. The van der Waals surface area contributed by atoms with E-state index in [9.17, 15) is 9.59 Å². The zero-order chi connectivity index (χ0) is 19.4. The van der Waals surface area contributed by atoms with E-state index in [1.165, 1.54) is 0 Å². The Labute approximate surface area is 164 Å². The van der Waals surface area contributed by atoms with E-state index >= 15 is 0 Å². The summed E-state index contributed by atoms with van der Waals surface area (Å²) in [6.07, 6.45) is 2.72. The number of carbonyl (C=O) groups is 2. The highest BCUT2D eigenvalue weighted by molar-refractivity contribution is 5.95. The minimum Gasteiger partial charge on any atom is -0.484 e. The summed E-state index contributed by atoms with van der Waals surface area (Å²) in [5.41, 5.74) is 0.804. The van der Waals surface area contributed by atoms with Crippen LogP contribution in [0.15, 0.2) is 24.3 Å². The molecule has 3 heterocycles. The van der Waals surface area contributed by atoms with Crippen molar-refractivity contribution in [3.63, 3.8) is 0 Å². The molecule has 4 rings (SSSR count). The maximum atomic E-state index is 12.1. The molecule has 2 amide bonds. The topological polar surface area (TPSA) is 86.3 Å². The van der Waals surface area contributed by atoms with Gasteiger partial charge >= 0.3 is 0 Å². The minimum atomic E-state index is -0.544. The number of hydrogen-bond donors (Lipinski definition) is 1. The second-order valence-electron chi connectivity index (χ2n) is 7.31. The second-order valence-corrected chi connectivity index (χ2v) is 7.31. The van der Waals surface area contributed by atoms with Gasteiger partial charge in [-0.05, 0) is 18.6 Å². The second kappa shape index (κ2) is 8.46. The quantitative estimate of drug-likeness (QED) is 0.786. The van der Waals surface area contributed by atoms with Crippen molar-refractivity contribution in [3.05, 3.63) is 24.3 Å². The summed E-state index contributed by atoms with van der Waals surface area (Å²) in [5, 5.41) is 2.83. The van der Waals surface area contributed by atoms with Gasteiger partial charge in [0.1, 0.15) is 11.9 Å². The number of nitrogens with one attached hydrogen (secondary N) is 1. The van der Waals surface area contributed by atoms with Crippen LogP contribution in [0.2, 0.25) is 0 Å². The number of benzene rings is 1. The molecule has 0 aliphatic carbocycles. The van der Waals surface area contributed by atoms with Crippen LogP contribution in [-0.2, 0) is 23.8 Å². The molecule has 8 nitrogen and oxygen atoms in total. The number of rotatable bonds is 6. The van der Waals surface area contributed by atoms with Crippen molar-refractivity contribution in [2.45, 2.75) is 37.6 Å². The van der Waals surface area contributed by atoms with Crippen LogP contribution in [0.4, 0.5) is 5.69 Å². The maximum Gasteiger partial charge on any atom is 0.258 e. The first kappa shape index (κ1) is 19.2. The summed E-state index contributed by atoms with van der Waals surface area (Å²) in [6.45, 7) is 2.74. The molecule has 0 bridgehead atoms.